The Kier molecular flexibility index (Phi) is 9.81. The Bertz CT molecular complexity index is 547. The van der Waals surface area contributed by atoms with Gasteiger partial charge in [-0.05, 0) is 36.8 Å². The second kappa shape index (κ2) is 11.3. The van der Waals surface area contributed by atoms with Crippen molar-refractivity contribution >= 4 is 41.5 Å². The van der Waals surface area contributed by atoms with E-state index in [-0.39, 0.29) is 36.4 Å². The molecule has 1 aromatic carbocycles. The maximum Gasteiger partial charge on any atom is 0.243 e. The van der Waals surface area contributed by atoms with Gasteiger partial charge in [-0.1, -0.05) is 24.6 Å². The molecule has 1 amide bonds. The van der Waals surface area contributed by atoms with E-state index >= 15 is 0 Å². The largest absolute Gasteiger partial charge is 0.385 e. The molecule has 1 fully saturated rings. The van der Waals surface area contributed by atoms with Crippen LogP contribution in [0.5, 0.6) is 0 Å². The van der Waals surface area contributed by atoms with Gasteiger partial charge in [-0.25, -0.2) is 0 Å². The fraction of sp³-hybridized carbons (Fsp3) is 0.556. The molecule has 6 nitrogen and oxygen atoms in total. The van der Waals surface area contributed by atoms with E-state index in [0.29, 0.717) is 11.4 Å². The molecule has 3 N–H and O–H groups in total. The first-order valence-electron chi connectivity index (χ1n) is 8.46. The maximum atomic E-state index is 12.0. The van der Waals surface area contributed by atoms with Gasteiger partial charge in [-0.2, -0.15) is 0 Å². The van der Waals surface area contributed by atoms with Gasteiger partial charge in [0.15, 0.2) is 5.96 Å². The first-order chi connectivity index (χ1) is 11.7. The van der Waals surface area contributed by atoms with E-state index in [4.69, 9.17) is 4.74 Å². The molecule has 0 atom stereocenters. The Morgan fingerprint density at radius 2 is 1.96 bits per heavy atom. The van der Waals surface area contributed by atoms with Crippen molar-refractivity contribution in [2.45, 2.75) is 25.7 Å². The van der Waals surface area contributed by atoms with E-state index < -0.39 is 0 Å². The molecule has 0 heterocycles. The van der Waals surface area contributed by atoms with Crippen LogP contribution in [0.1, 0.15) is 25.7 Å². The van der Waals surface area contributed by atoms with E-state index in [9.17, 15) is 4.79 Å². The first-order valence-corrected chi connectivity index (χ1v) is 8.46. The smallest absolute Gasteiger partial charge is 0.243 e. The van der Waals surface area contributed by atoms with Gasteiger partial charge in [0.25, 0.3) is 0 Å². The predicted molar refractivity (Wildman–Crippen MR) is 113 cm³/mol. The number of para-hydroxylation sites is 1. The second-order valence-electron chi connectivity index (χ2n) is 6.29. The molecule has 0 spiro atoms. The molecule has 0 aromatic heterocycles. The number of hydrogen-bond donors (Lipinski definition) is 3. The third-order valence-corrected chi connectivity index (χ3v) is 4.58. The molecule has 2 rings (SSSR count). The van der Waals surface area contributed by atoms with E-state index in [0.717, 1.165) is 25.3 Å². The number of rotatable bonds is 8. The second-order valence-corrected chi connectivity index (χ2v) is 6.29. The van der Waals surface area contributed by atoms with Crippen LogP contribution in [0.3, 0.4) is 0 Å². The number of guanidine groups is 1. The molecule has 140 valence electrons. The van der Waals surface area contributed by atoms with Crippen molar-refractivity contribution in [1.82, 2.24) is 10.6 Å². The Balaban J connectivity index is 0.00000312. The Morgan fingerprint density at radius 1 is 1.24 bits per heavy atom. The van der Waals surface area contributed by atoms with Crippen LogP contribution in [-0.2, 0) is 9.53 Å². The van der Waals surface area contributed by atoms with E-state index in [1.54, 1.807) is 14.2 Å². The normalized spacial score (nSPS) is 15.5. The topological polar surface area (TPSA) is 74.8 Å². The maximum absolute atomic E-state index is 12.0. The molecule has 0 aliphatic heterocycles. The van der Waals surface area contributed by atoms with Gasteiger partial charge < -0.3 is 20.7 Å². The van der Waals surface area contributed by atoms with E-state index in [2.05, 4.69) is 20.9 Å². The number of carbonyl (C=O) groups excluding carboxylic acids is 1. The standard InChI is InChI=1S/C18H28N4O2.HI/c1-19-17(21-14-18(9-6-10-18)11-12-24-2)20-13-16(23)22-15-7-4-3-5-8-15;/h3-5,7-8H,6,9-14H2,1-2H3,(H,22,23)(H2,19,20,21);1H. The molecule has 0 saturated heterocycles. The molecular weight excluding hydrogens is 431 g/mol. The number of ether oxygens (including phenoxy) is 1. The number of anilines is 1. The van der Waals surface area contributed by atoms with Crippen molar-refractivity contribution in [2.24, 2.45) is 10.4 Å². The molecule has 1 saturated carbocycles. The van der Waals surface area contributed by atoms with E-state index in [1.165, 1.54) is 19.3 Å². The highest BCUT2D eigenvalue weighted by Crippen LogP contribution is 2.43. The Hall–Kier alpha value is -1.35. The van der Waals surface area contributed by atoms with Crippen LogP contribution in [-0.4, -0.2) is 45.7 Å². The Labute approximate surface area is 167 Å². The van der Waals surface area contributed by atoms with Crippen LogP contribution in [0, 0.1) is 5.41 Å². The molecular formula is C18H29IN4O2. The van der Waals surface area contributed by atoms with Gasteiger partial charge >= 0.3 is 0 Å². The summed E-state index contributed by atoms with van der Waals surface area (Å²) in [4.78, 5) is 16.2. The van der Waals surface area contributed by atoms with Crippen LogP contribution in [0.2, 0.25) is 0 Å². The average molecular weight is 460 g/mol. The summed E-state index contributed by atoms with van der Waals surface area (Å²) in [5.41, 5.74) is 1.10. The first kappa shape index (κ1) is 21.7. The summed E-state index contributed by atoms with van der Waals surface area (Å²) in [6, 6.07) is 9.42. The number of nitrogens with zero attached hydrogens (tertiary/aromatic N) is 1. The minimum absolute atomic E-state index is 0. The Morgan fingerprint density at radius 3 is 2.52 bits per heavy atom. The quantitative estimate of drug-likeness (QED) is 0.317. The van der Waals surface area contributed by atoms with Crippen molar-refractivity contribution in [2.75, 3.05) is 39.2 Å². The molecule has 0 radical (unpaired) electrons. The van der Waals surface area contributed by atoms with Crippen molar-refractivity contribution in [3.63, 3.8) is 0 Å². The van der Waals surface area contributed by atoms with Gasteiger partial charge in [0.2, 0.25) is 5.91 Å². The monoisotopic (exact) mass is 460 g/mol. The van der Waals surface area contributed by atoms with Crippen molar-refractivity contribution in [3.05, 3.63) is 30.3 Å². The zero-order valence-corrected chi connectivity index (χ0v) is 17.3. The summed E-state index contributed by atoms with van der Waals surface area (Å²) < 4.78 is 5.22. The van der Waals surface area contributed by atoms with Crippen molar-refractivity contribution in [1.29, 1.82) is 0 Å². The summed E-state index contributed by atoms with van der Waals surface area (Å²) in [5.74, 6) is 0.559. The lowest BCUT2D eigenvalue weighted by Gasteiger charge is -2.42. The lowest BCUT2D eigenvalue weighted by molar-refractivity contribution is -0.115. The highest BCUT2D eigenvalue weighted by atomic mass is 127. The fourth-order valence-corrected chi connectivity index (χ4v) is 2.89. The summed E-state index contributed by atoms with van der Waals surface area (Å²) in [5, 5.41) is 9.25. The SMILES string of the molecule is CN=C(NCC(=O)Nc1ccccc1)NCC1(CCOC)CCC1.I. The van der Waals surface area contributed by atoms with E-state index in [1.807, 2.05) is 30.3 Å². The van der Waals surface area contributed by atoms with Gasteiger partial charge in [-0.3, -0.25) is 9.79 Å². The van der Waals surface area contributed by atoms with Crippen LogP contribution in [0.4, 0.5) is 5.69 Å². The van der Waals surface area contributed by atoms with Crippen LogP contribution in [0.25, 0.3) is 0 Å². The average Bonchev–Trinajstić information content (AvgIpc) is 2.57. The van der Waals surface area contributed by atoms with Crippen LogP contribution >= 0.6 is 24.0 Å². The molecule has 1 aliphatic rings. The van der Waals surface area contributed by atoms with Gasteiger partial charge in [-0.15, -0.1) is 24.0 Å². The summed E-state index contributed by atoms with van der Waals surface area (Å²) in [6.07, 6.45) is 4.77. The number of methoxy groups -OCH3 is 1. The van der Waals surface area contributed by atoms with Crippen LogP contribution in [0.15, 0.2) is 35.3 Å². The van der Waals surface area contributed by atoms with Crippen molar-refractivity contribution < 1.29 is 9.53 Å². The minimum Gasteiger partial charge on any atom is -0.385 e. The highest BCUT2D eigenvalue weighted by Gasteiger charge is 2.36. The lowest BCUT2D eigenvalue weighted by Crippen LogP contribution is -2.48. The third kappa shape index (κ3) is 7.19. The van der Waals surface area contributed by atoms with Gasteiger partial charge in [0.1, 0.15) is 0 Å². The minimum atomic E-state index is -0.0955. The van der Waals surface area contributed by atoms with Gasteiger partial charge in [0, 0.05) is 33.0 Å². The number of amides is 1. The molecule has 1 aliphatic carbocycles. The number of benzene rings is 1. The number of nitrogens with one attached hydrogen (secondary N) is 3. The van der Waals surface area contributed by atoms with Crippen molar-refractivity contribution in [3.8, 4) is 0 Å². The number of hydrogen-bond acceptors (Lipinski definition) is 3. The molecule has 0 unspecified atom stereocenters. The summed E-state index contributed by atoms with van der Waals surface area (Å²) >= 11 is 0. The fourth-order valence-electron chi connectivity index (χ4n) is 2.89. The molecule has 1 aromatic rings. The zero-order valence-electron chi connectivity index (χ0n) is 15.0. The number of halogens is 1. The molecule has 0 bridgehead atoms. The number of aliphatic imine (C=N–C) groups is 1. The molecule has 25 heavy (non-hydrogen) atoms. The lowest BCUT2D eigenvalue weighted by atomic mass is 9.67. The van der Waals surface area contributed by atoms with Crippen LogP contribution < -0.4 is 16.0 Å². The summed E-state index contributed by atoms with van der Waals surface area (Å²) in [6.45, 7) is 1.82. The molecule has 7 heteroatoms. The zero-order chi connectivity index (χ0) is 17.3. The highest BCUT2D eigenvalue weighted by molar-refractivity contribution is 14.0. The van der Waals surface area contributed by atoms with Gasteiger partial charge in [0.05, 0.1) is 6.54 Å². The summed E-state index contributed by atoms with van der Waals surface area (Å²) in [7, 11) is 3.46. The number of carbonyl (C=O) groups is 1. The third-order valence-electron chi connectivity index (χ3n) is 4.58. The predicted octanol–water partition coefficient (Wildman–Crippen LogP) is 2.61.